The zero-order valence-electron chi connectivity index (χ0n) is 13.9. The molecule has 0 saturated heterocycles. The Balaban J connectivity index is 1.94. The third-order valence-electron chi connectivity index (χ3n) is 3.50. The van der Waals surface area contributed by atoms with Crippen LogP contribution in [0.2, 0.25) is 0 Å². The summed E-state index contributed by atoms with van der Waals surface area (Å²) in [5.41, 5.74) is 0.279. The average molecular weight is 331 g/mol. The number of hydrogen-bond acceptors (Lipinski definition) is 5. The number of carbonyl (C=O) groups excluding carboxylic acids is 2. The molecule has 1 aromatic carbocycles. The van der Waals surface area contributed by atoms with Gasteiger partial charge >= 0.3 is 5.97 Å². The van der Waals surface area contributed by atoms with E-state index >= 15 is 0 Å². The fourth-order valence-corrected chi connectivity index (χ4v) is 2.24. The Kier molecular flexibility index (Phi) is 5.41. The number of esters is 1. The molecule has 2 aromatic rings. The highest BCUT2D eigenvalue weighted by atomic mass is 16.6. The predicted molar refractivity (Wildman–Crippen MR) is 88.0 cm³/mol. The molecule has 1 heterocycles. The van der Waals surface area contributed by atoms with E-state index in [9.17, 15) is 14.7 Å². The molecule has 2 N–H and O–H groups in total. The van der Waals surface area contributed by atoms with E-state index in [0.717, 1.165) is 11.3 Å². The number of benzene rings is 1. The van der Waals surface area contributed by atoms with Crippen molar-refractivity contribution < 1.29 is 23.8 Å². The molecule has 0 radical (unpaired) electrons. The molecule has 1 aromatic heterocycles. The van der Waals surface area contributed by atoms with Crippen molar-refractivity contribution >= 4 is 11.9 Å². The van der Waals surface area contributed by atoms with Crippen molar-refractivity contribution in [2.24, 2.45) is 0 Å². The standard InChI is InChI=1S/C18H21NO5/c1-12(20)24-18(2,3)17(22)19-11-15(21)13-6-8-14(9-7-13)16-5-4-10-23-16/h4-10,15,21H,11H2,1-3H3,(H,19,22)/t15-/m1/s1. The van der Waals surface area contributed by atoms with Gasteiger partial charge in [-0.05, 0) is 31.5 Å². The van der Waals surface area contributed by atoms with Crippen LogP contribution in [0, 0.1) is 0 Å². The Hall–Kier alpha value is -2.60. The fraction of sp³-hybridized carbons (Fsp3) is 0.333. The van der Waals surface area contributed by atoms with Crippen molar-refractivity contribution in [1.29, 1.82) is 0 Å². The zero-order valence-corrected chi connectivity index (χ0v) is 13.9. The lowest BCUT2D eigenvalue weighted by molar-refractivity contribution is -0.163. The Morgan fingerprint density at radius 1 is 1.25 bits per heavy atom. The number of aliphatic hydroxyl groups is 1. The number of nitrogens with one attached hydrogen (secondary N) is 1. The van der Waals surface area contributed by atoms with Gasteiger partial charge in [-0.15, -0.1) is 0 Å². The number of rotatable bonds is 6. The van der Waals surface area contributed by atoms with Crippen molar-refractivity contribution in [2.45, 2.75) is 32.5 Å². The number of furan rings is 1. The van der Waals surface area contributed by atoms with E-state index in [-0.39, 0.29) is 6.54 Å². The monoisotopic (exact) mass is 331 g/mol. The molecule has 0 aliphatic carbocycles. The van der Waals surface area contributed by atoms with E-state index in [4.69, 9.17) is 9.15 Å². The van der Waals surface area contributed by atoms with E-state index in [1.54, 1.807) is 24.5 Å². The van der Waals surface area contributed by atoms with Gasteiger partial charge in [0.1, 0.15) is 5.76 Å². The van der Waals surface area contributed by atoms with Gasteiger partial charge in [0.25, 0.3) is 5.91 Å². The minimum Gasteiger partial charge on any atom is -0.464 e. The van der Waals surface area contributed by atoms with Crippen LogP contribution in [-0.4, -0.2) is 29.1 Å². The number of ether oxygens (including phenoxy) is 1. The Morgan fingerprint density at radius 3 is 2.46 bits per heavy atom. The van der Waals surface area contributed by atoms with Gasteiger partial charge in [0.2, 0.25) is 0 Å². The molecule has 6 heteroatoms. The quantitative estimate of drug-likeness (QED) is 0.794. The molecule has 0 aliphatic rings. The molecule has 0 unspecified atom stereocenters. The molecular formula is C18H21NO5. The maximum atomic E-state index is 12.0. The van der Waals surface area contributed by atoms with Gasteiger partial charge in [-0.25, -0.2) is 0 Å². The highest BCUT2D eigenvalue weighted by Crippen LogP contribution is 2.22. The first-order chi connectivity index (χ1) is 11.3. The predicted octanol–water partition coefficient (Wildman–Crippen LogP) is 2.44. The Bertz CT molecular complexity index is 689. The first-order valence-corrected chi connectivity index (χ1v) is 7.59. The molecule has 2 rings (SSSR count). The second-order valence-corrected chi connectivity index (χ2v) is 5.93. The lowest BCUT2D eigenvalue weighted by atomic mass is 10.0. The van der Waals surface area contributed by atoms with Crippen LogP contribution in [0.4, 0.5) is 0 Å². The van der Waals surface area contributed by atoms with E-state index < -0.39 is 23.6 Å². The second-order valence-electron chi connectivity index (χ2n) is 5.93. The summed E-state index contributed by atoms with van der Waals surface area (Å²) in [5.74, 6) is -0.263. The summed E-state index contributed by atoms with van der Waals surface area (Å²) < 4.78 is 10.3. The topological polar surface area (TPSA) is 88.8 Å². The van der Waals surface area contributed by atoms with Gasteiger partial charge in [0, 0.05) is 19.0 Å². The second kappa shape index (κ2) is 7.31. The number of aliphatic hydroxyl groups excluding tert-OH is 1. The molecule has 128 valence electrons. The summed E-state index contributed by atoms with van der Waals surface area (Å²) in [7, 11) is 0. The summed E-state index contributed by atoms with van der Waals surface area (Å²) in [6, 6.07) is 10.9. The molecule has 1 amide bonds. The Labute approximate surface area is 140 Å². The van der Waals surface area contributed by atoms with Crippen molar-refractivity contribution in [3.8, 4) is 11.3 Å². The first-order valence-electron chi connectivity index (χ1n) is 7.59. The summed E-state index contributed by atoms with van der Waals surface area (Å²) >= 11 is 0. The van der Waals surface area contributed by atoms with Crippen molar-refractivity contribution in [1.82, 2.24) is 5.32 Å². The first kappa shape index (κ1) is 17.7. The van der Waals surface area contributed by atoms with E-state index in [0.29, 0.717) is 5.56 Å². The summed E-state index contributed by atoms with van der Waals surface area (Å²) in [4.78, 5) is 23.0. The highest BCUT2D eigenvalue weighted by Gasteiger charge is 2.31. The van der Waals surface area contributed by atoms with Crippen LogP contribution in [0.3, 0.4) is 0 Å². The van der Waals surface area contributed by atoms with Crippen LogP contribution in [0.25, 0.3) is 11.3 Å². The van der Waals surface area contributed by atoms with Gasteiger partial charge in [-0.3, -0.25) is 9.59 Å². The molecule has 0 bridgehead atoms. The van der Waals surface area contributed by atoms with Crippen LogP contribution in [-0.2, 0) is 14.3 Å². The van der Waals surface area contributed by atoms with Crippen LogP contribution in [0.15, 0.2) is 47.1 Å². The SMILES string of the molecule is CC(=O)OC(C)(C)C(=O)NC[C@@H](O)c1ccc(-c2ccco2)cc1. The lowest BCUT2D eigenvalue weighted by Gasteiger charge is -2.24. The van der Waals surface area contributed by atoms with E-state index in [1.807, 2.05) is 18.2 Å². The smallest absolute Gasteiger partial charge is 0.303 e. The molecule has 0 fully saturated rings. The van der Waals surface area contributed by atoms with Crippen molar-refractivity contribution in [2.75, 3.05) is 6.54 Å². The largest absolute Gasteiger partial charge is 0.464 e. The lowest BCUT2D eigenvalue weighted by Crippen LogP contribution is -2.46. The maximum Gasteiger partial charge on any atom is 0.303 e. The highest BCUT2D eigenvalue weighted by molar-refractivity contribution is 5.86. The number of carbonyl (C=O) groups is 2. The summed E-state index contributed by atoms with van der Waals surface area (Å²) in [6.45, 7) is 4.25. The minimum atomic E-state index is -1.28. The van der Waals surface area contributed by atoms with Gasteiger partial charge in [0.15, 0.2) is 5.60 Å². The molecule has 6 nitrogen and oxygen atoms in total. The third kappa shape index (κ3) is 4.45. The zero-order chi connectivity index (χ0) is 17.7. The maximum absolute atomic E-state index is 12.0. The number of amides is 1. The van der Waals surface area contributed by atoms with Gasteiger partial charge in [0.05, 0.1) is 12.4 Å². The molecule has 0 saturated carbocycles. The van der Waals surface area contributed by atoms with Crippen LogP contribution in [0.5, 0.6) is 0 Å². The van der Waals surface area contributed by atoms with Gasteiger partial charge in [-0.2, -0.15) is 0 Å². The average Bonchev–Trinajstić information content (AvgIpc) is 3.05. The van der Waals surface area contributed by atoms with Crippen molar-refractivity contribution in [3.63, 3.8) is 0 Å². The molecule has 24 heavy (non-hydrogen) atoms. The van der Waals surface area contributed by atoms with Crippen LogP contribution >= 0.6 is 0 Å². The van der Waals surface area contributed by atoms with Crippen LogP contribution in [0.1, 0.15) is 32.4 Å². The third-order valence-corrected chi connectivity index (χ3v) is 3.50. The molecule has 1 atom stereocenters. The number of hydrogen-bond donors (Lipinski definition) is 2. The molecular weight excluding hydrogens is 310 g/mol. The minimum absolute atomic E-state index is 0.0175. The fourth-order valence-electron chi connectivity index (χ4n) is 2.24. The summed E-state index contributed by atoms with van der Waals surface area (Å²) in [6.07, 6.45) is 0.728. The van der Waals surface area contributed by atoms with E-state index in [2.05, 4.69) is 5.32 Å². The van der Waals surface area contributed by atoms with Gasteiger partial charge < -0.3 is 19.6 Å². The van der Waals surface area contributed by atoms with Crippen molar-refractivity contribution in [3.05, 3.63) is 48.2 Å². The summed E-state index contributed by atoms with van der Waals surface area (Å²) in [5, 5.41) is 12.8. The Morgan fingerprint density at radius 2 is 1.92 bits per heavy atom. The van der Waals surface area contributed by atoms with Gasteiger partial charge in [-0.1, -0.05) is 24.3 Å². The van der Waals surface area contributed by atoms with Crippen LogP contribution < -0.4 is 5.32 Å². The van der Waals surface area contributed by atoms with E-state index in [1.165, 1.54) is 20.8 Å². The molecule has 0 aliphatic heterocycles. The normalized spacial score (nSPS) is 12.5. The molecule has 0 spiro atoms.